The van der Waals surface area contributed by atoms with Gasteiger partial charge in [-0.2, -0.15) is 17.2 Å². The Hall–Kier alpha value is -1.82. The molecule has 39 heavy (non-hydrogen) atoms. The van der Waals surface area contributed by atoms with Crippen molar-refractivity contribution in [2.75, 3.05) is 13.2 Å². The van der Waals surface area contributed by atoms with Crippen molar-refractivity contribution in [3.63, 3.8) is 0 Å². The van der Waals surface area contributed by atoms with Gasteiger partial charge in [0.25, 0.3) is 0 Å². The Morgan fingerprint density at radius 3 is 1.72 bits per heavy atom. The Morgan fingerprint density at radius 1 is 0.795 bits per heavy atom. The lowest BCUT2D eigenvalue weighted by Crippen LogP contribution is -2.49. The smallest absolute Gasteiger partial charge is 0.460 e. The van der Waals surface area contributed by atoms with Gasteiger partial charge in [-0.15, -0.1) is 0 Å². The second-order valence-corrected chi connectivity index (χ2v) is 15.6. The molecule has 2 atom stereocenters. The maximum absolute atomic E-state index is 14.9. The Kier molecular flexibility index (Phi) is 8.57. The summed E-state index contributed by atoms with van der Waals surface area (Å²) in [5.74, 6) is -3.17. The van der Waals surface area contributed by atoms with Gasteiger partial charge in [-0.25, -0.2) is 4.79 Å². The summed E-state index contributed by atoms with van der Waals surface area (Å²) in [6.07, 6.45) is 6.52. The first kappa shape index (κ1) is 31.7. The van der Waals surface area contributed by atoms with Crippen LogP contribution in [0.3, 0.4) is 0 Å². The van der Waals surface area contributed by atoms with E-state index in [-0.39, 0.29) is 6.61 Å². The average molecular weight is 581 g/mol. The summed E-state index contributed by atoms with van der Waals surface area (Å²) in [5, 5.41) is -5.06. The zero-order valence-corrected chi connectivity index (χ0v) is 24.8. The first-order valence-electron chi connectivity index (χ1n) is 13.5. The van der Waals surface area contributed by atoms with Crippen LogP contribution in [0.4, 0.5) is 8.78 Å². The Labute approximate surface area is 229 Å². The molecule has 2 unspecified atom stereocenters. The number of ether oxygens (including phenoxy) is 3. The van der Waals surface area contributed by atoms with Gasteiger partial charge >= 0.3 is 33.3 Å². The summed E-state index contributed by atoms with van der Waals surface area (Å²) in [7, 11) is -5.96. The largest absolute Gasteiger partial charge is 0.466 e. The summed E-state index contributed by atoms with van der Waals surface area (Å²) in [6.45, 7) is 8.36. The number of fused-ring (bicyclic) bond motifs is 1. The van der Waals surface area contributed by atoms with Gasteiger partial charge in [0.1, 0.15) is 11.2 Å². The third-order valence-corrected chi connectivity index (χ3v) is 9.01. The highest BCUT2D eigenvalue weighted by Gasteiger charge is 2.59. The molecular weight excluding hydrogens is 538 g/mol. The maximum Gasteiger partial charge on any atom is 0.466 e. The molecule has 0 radical (unpaired) electrons. The van der Waals surface area contributed by atoms with Crippen LogP contribution in [0.15, 0.2) is 0 Å². The van der Waals surface area contributed by atoms with Gasteiger partial charge in [0.05, 0.1) is 13.2 Å². The van der Waals surface area contributed by atoms with Gasteiger partial charge in [0.15, 0.2) is 5.41 Å². The zero-order valence-electron chi connectivity index (χ0n) is 23.9. The molecule has 12 heteroatoms. The Morgan fingerprint density at radius 2 is 1.26 bits per heavy atom. The van der Waals surface area contributed by atoms with Crippen LogP contribution in [0.25, 0.3) is 0 Å². The highest BCUT2D eigenvalue weighted by atomic mass is 32.2. The normalized spacial score (nSPS) is 27.6. The second-order valence-electron chi connectivity index (χ2n) is 13.9. The quantitative estimate of drug-likeness (QED) is 0.164. The maximum atomic E-state index is 14.9. The van der Waals surface area contributed by atoms with Crippen LogP contribution in [0, 0.1) is 28.6 Å². The van der Waals surface area contributed by atoms with E-state index in [1.165, 1.54) is 41.5 Å². The van der Waals surface area contributed by atoms with E-state index >= 15 is 0 Å². The minimum Gasteiger partial charge on any atom is -0.460 e. The number of alkyl halides is 2. The molecule has 4 saturated carbocycles. The fourth-order valence-corrected chi connectivity index (χ4v) is 6.94. The first-order valence-corrected chi connectivity index (χ1v) is 14.9. The van der Waals surface area contributed by atoms with E-state index in [0.29, 0.717) is 17.8 Å². The van der Waals surface area contributed by atoms with Crippen molar-refractivity contribution in [2.24, 2.45) is 28.6 Å². The van der Waals surface area contributed by atoms with Crippen LogP contribution in [-0.2, 0) is 42.9 Å². The van der Waals surface area contributed by atoms with Gasteiger partial charge in [-0.1, -0.05) is 0 Å². The van der Waals surface area contributed by atoms with Gasteiger partial charge in [-0.05, 0) is 111 Å². The molecule has 224 valence electrons. The average Bonchev–Trinajstić information content (AvgIpc) is 2.96. The van der Waals surface area contributed by atoms with Crippen LogP contribution >= 0.6 is 0 Å². The highest BCUT2D eigenvalue weighted by molar-refractivity contribution is 7.88. The van der Waals surface area contributed by atoms with E-state index < -0.39 is 61.9 Å². The molecule has 0 aromatic rings. The summed E-state index contributed by atoms with van der Waals surface area (Å²) >= 11 is 0. The van der Waals surface area contributed by atoms with E-state index in [2.05, 4.69) is 4.18 Å². The Bertz CT molecular complexity index is 1030. The predicted molar refractivity (Wildman–Crippen MR) is 136 cm³/mol. The van der Waals surface area contributed by atoms with Crippen molar-refractivity contribution in [3.8, 4) is 0 Å². The summed E-state index contributed by atoms with van der Waals surface area (Å²) in [4.78, 5) is 38.2. The van der Waals surface area contributed by atoms with E-state index in [4.69, 9.17) is 14.2 Å². The standard InChI is InChI=1S/C27H42F2O9S/c1-23(2,3)37-20(30)25(7,21(31)38-24(4,5)6)15-36-39(33,34)27(28,29)22(32)35-16-26-9-8-17-10-18(13-26)12-19(11-17)14-26/h17-19H,8-16H2,1-7H3. The van der Waals surface area contributed by atoms with Crippen LogP contribution in [-0.4, -0.2) is 56.0 Å². The minimum atomic E-state index is -5.96. The van der Waals surface area contributed by atoms with Crippen molar-refractivity contribution in [1.82, 2.24) is 0 Å². The molecule has 4 aliphatic carbocycles. The molecule has 4 aliphatic rings. The molecule has 0 spiro atoms. The molecule has 9 nitrogen and oxygen atoms in total. The lowest BCUT2D eigenvalue weighted by molar-refractivity contribution is -0.186. The van der Waals surface area contributed by atoms with E-state index in [0.717, 1.165) is 51.9 Å². The molecule has 4 rings (SSSR count). The number of halogens is 2. The molecular formula is C27H42F2O9S. The monoisotopic (exact) mass is 580 g/mol. The van der Waals surface area contributed by atoms with Gasteiger partial charge in [-0.3, -0.25) is 13.8 Å². The van der Waals surface area contributed by atoms with Crippen molar-refractivity contribution in [2.45, 2.75) is 110 Å². The molecule has 0 aromatic carbocycles. The van der Waals surface area contributed by atoms with Gasteiger partial charge < -0.3 is 14.2 Å². The molecule has 0 aliphatic heterocycles. The summed E-state index contributed by atoms with van der Waals surface area (Å²) in [6, 6.07) is 0. The highest BCUT2D eigenvalue weighted by Crippen LogP contribution is 2.57. The number of hydrogen-bond donors (Lipinski definition) is 0. The number of carbonyl (C=O) groups is 3. The second kappa shape index (κ2) is 10.5. The molecule has 0 aromatic heterocycles. The summed E-state index contributed by atoms with van der Waals surface area (Å²) < 4.78 is 74.8. The number of esters is 3. The molecule has 4 fully saturated rings. The molecule has 4 bridgehead atoms. The number of carbonyl (C=O) groups excluding carboxylic acids is 3. The zero-order chi connectivity index (χ0) is 29.7. The van der Waals surface area contributed by atoms with Crippen molar-refractivity contribution in [1.29, 1.82) is 0 Å². The molecule has 0 heterocycles. The fourth-order valence-electron chi connectivity index (χ4n) is 6.14. The van der Waals surface area contributed by atoms with E-state index in [9.17, 15) is 31.6 Å². The van der Waals surface area contributed by atoms with E-state index in [1.54, 1.807) is 0 Å². The van der Waals surface area contributed by atoms with Crippen molar-refractivity contribution < 1.29 is 50.0 Å². The lowest BCUT2D eigenvalue weighted by Gasteiger charge is -2.44. The minimum absolute atomic E-state index is 0.288. The van der Waals surface area contributed by atoms with Gasteiger partial charge in [0, 0.05) is 5.41 Å². The van der Waals surface area contributed by atoms with E-state index in [1.807, 2.05) is 0 Å². The fraction of sp³-hybridized carbons (Fsp3) is 0.889. The van der Waals surface area contributed by atoms with Gasteiger partial charge in [0.2, 0.25) is 0 Å². The first-order chi connectivity index (χ1) is 17.6. The third kappa shape index (κ3) is 7.28. The van der Waals surface area contributed by atoms with Crippen LogP contribution in [0.1, 0.15) is 93.4 Å². The molecule has 0 amide bonds. The van der Waals surface area contributed by atoms with Crippen LogP contribution in [0.5, 0.6) is 0 Å². The third-order valence-electron chi connectivity index (χ3n) is 7.79. The lowest BCUT2D eigenvalue weighted by atomic mass is 9.62. The van der Waals surface area contributed by atoms with Crippen LogP contribution in [0.2, 0.25) is 0 Å². The van der Waals surface area contributed by atoms with Crippen LogP contribution < -0.4 is 0 Å². The molecule has 0 saturated heterocycles. The number of rotatable bonds is 9. The number of hydrogen-bond acceptors (Lipinski definition) is 9. The summed E-state index contributed by atoms with van der Waals surface area (Å²) in [5.41, 5.74) is -5.04. The SMILES string of the molecule is CC(C)(C)OC(=O)C(C)(COS(=O)(=O)C(F)(F)C(=O)OCC12CCC3CC(CC(C3)C1)C2)C(=O)OC(C)(C)C. The predicted octanol–water partition coefficient (Wildman–Crippen LogP) is 4.77. The molecule has 0 N–H and O–H groups in total. The van der Waals surface area contributed by atoms with Crippen molar-refractivity contribution >= 4 is 28.0 Å². The Balaban J connectivity index is 1.72. The van der Waals surface area contributed by atoms with Crippen molar-refractivity contribution in [3.05, 3.63) is 0 Å². The topological polar surface area (TPSA) is 122 Å².